The monoisotopic (exact) mass is 545 g/mol. The van der Waals surface area contributed by atoms with E-state index in [1.807, 2.05) is 0 Å². The molecule has 1 aromatic heterocycles. The molecule has 39 heavy (non-hydrogen) atoms. The Morgan fingerprint density at radius 2 is 1.95 bits per heavy atom. The van der Waals surface area contributed by atoms with E-state index in [1.54, 1.807) is 13.0 Å². The number of hydrogen-bond acceptors (Lipinski definition) is 6. The van der Waals surface area contributed by atoms with Gasteiger partial charge in [-0.25, -0.2) is 13.2 Å². The standard InChI is InChI=1S/C28H30F3N3O5/c1-15-10-18(29)5-9-22(15)32-28-33-23-8-4-17(25(31)26(23)39-28)11-24(35)34-13-19(30)12-20(34)14-38-21-6-2-16(3-7-21)27(36)37/h4-5,8-10,16,19-21H,2-3,6-7,11-14H2,1H3,(H,32,33)(H,36,37)/t16?,19-,20-,21?/m0/s1. The van der Waals surface area contributed by atoms with Crippen molar-refractivity contribution in [1.29, 1.82) is 0 Å². The van der Waals surface area contributed by atoms with Crippen molar-refractivity contribution in [2.45, 2.75) is 63.8 Å². The number of aliphatic carboxylic acids is 1. The van der Waals surface area contributed by atoms with Gasteiger partial charge in [-0.1, -0.05) is 6.07 Å². The molecule has 8 nitrogen and oxygen atoms in total. The van der Waals surface area contributed by atoms with Crippen LogP contribution in [0.2, 0.25) is 0 Å². The number of carboxylic acid groups (broad SMARTS) is 1. The largest absolute Gasteiger partial charge is 0.481 e. The molecule has 2 aromatic carbocycles. The number of fused-ring (bicyclic) bond motifs is 1. The summed E-state index contributed by atoms with van der Waals surface area (Å²) >= 11 is 0. The molecule has 2 N–H and O–H groups in total. The molecule has 1 saturated carbocycles. The van der Waals surface area contributed by atoms with Crippen LogP contribution in [0.3, 0.4) is 0 Å². The quantitative estimate of drug-likeness (QED) is 0.396. The summed E-state index contributed by atoms with van der Waals surface area (Å²) in [5, 5.41) is 12.1. The Balaban J connectivity index is 1.23. The van der Waals surface area contributed by atoms with Crippen LogP contribution in [0.25, 0.3) is 11.1 Å². The van der Waals surface area contributed by atoms with Gasteiger partial charge >= 0.3 is 5.97 Å². The van der Waals surface area contributed by atoms with E-state index in [2.05, 4.69) is 10.3 Å². The predicted molar refractivity (Wildman–Crippen MR) is 136 cm³/mol. The second-order valence-electron chi connectivity index (χ2n) is 10.3. The molecule has 5 rings (SSSR count). The van der Waals surface area contributed by atoms with Gasteiger partial charge in [-0.3, -0.25) is 9.59 Å². The fourth-order valence-electron chi connectivity index (χ4n) is 5.38. The fraction of sp³-hybridized carbons (Fsp3) is 0.464. The van der Waals surface area contributed by atoms with E-state index in [1.165, 1.54) is 29.2 Å². The average Bonchev–Trinajstić information content (AvgIpc) is 3.49. The topological polar surface area (TPSA) is 105 Å². The van der Waals surface area contributed by atoms with Crippen molar-refractivity contribution >= 4 is 34.7 Å². The number of oxazole rings is 1. The molecule has 0 spiro atoms. The molecule has 11 heteroatoms. The van der Waals surface area contributed by atoms with Gasteiger partial charge in [0.05, 0.1) is 37.6 Å². The molecule has 0 bridgehead atoms. The number of rotatable bonds is 8. The summed E-state index contributed by atoms with van der Waals surface area (Å²) in [6.45, 7) is 1.77. The third kappa shape index (κ3) is 6.03. The van der Waals surface area contributed by atoms with Gasteiger partial charge in [0.2, 0.25) is 5.91 Å². The minimum atomic E-state index is -1.20. The highest BCUT2D eigenvalue weighted by molar-refractivity contribution is 5.83. The highest BCUT2D eigenvalue weighted by atomic mass is 19.1. The smallest absolute Gasteiger partial charge is 0.306 e. The third-order valence-electron chi connectivity index (χ3n) is 7.58. The van der Waals surface area contributed by atoms with Crippen LogP contribution in [0.15, 0.2) is 34.7 Å². The third-order valence-corrected chi connectivity index (χ3v) is 7.58. The number of nitrogens with one attached hydrogen (secondary N) is 1. The van der Waals surface area contributed by atoms with Crippen LogP contribution in [0.1, 0.15) is 43.2 Å². The fourth-order valence-corrected chi connectivity index (χ4v) is 5.38. The molecule has 1 aliphatic heterocycles. The molecule has 1 aliphatic carbocycles. The summed E-state index contributed by atoms with van der Waals surface area (Å²) in [5.74, 6) is -2.69. The van der Waals surface area contributed by atoms with E-state index in [9.17, 15) is 18.4 Å². The van der Waals surface area contributed by atoms with E-state index in [0.29, 0.717) is 36.9 Å². The molecular formula is C28H30F3N3O5. The molecule has 208 valence electrons. The van der Waals surface area contributed by atoms with Crippen molar-refractivity contribution in [3.63, 3.8) is 0 Å². The Labute approximate surface area is 223 Å². The molecule has 2 aliphatic rings. The first-order valence-corrected chi connectivity index (χ1v) is 13.1. The summed E-state index contributed by atoms with van der Waals surface area (Å²) in [4.78, 5) is 29.9. The number of halogens is 3. The number of amides is 1. The zero-order valence-corrected chi connectivity index (χ0v) is 21.5. The number of alkyl halides is 1. The van der Waals surface area contributed by atoms with Gasteiger partial charge in [0.15, 0.2) is 11.4 Å². The van der Waals surface area contributed by atoms with Gasteiger partial charge in [0.25, 0.3) is 6.01 Å². The first-order chi connectivity index (χ1) is 18.7. The van der Waals surface area contributed by atoms with Crippen molar-refractivity contribution in [1.82, 2.24) is 9.88 Å². The Bertz CT molecular complexity index is 1370. The SMILES string of the molecule is Cc1cc(F)ccc1Nc1nc2ccc(CC(=O)N3C[C@@H](F)C[C@H]3COC3CCC(C(=O)O)CC3)c(F)c2o1. The van der Waals surface area contributed by atoms with E-state index < -0.39 is 29.9 Å². The van der Waals surface area contributed by atoms with Crippen LogP contribution in [0, 0.1) is 24.5 Å². The number of anilines is 2. The van der Waals surface area contributed by atoms with Crippen molar-refractivity contribution in [2.24, 2.45) is 5.92 Å². The van der Waals surface area contributed by atoms with E-state index in [0.717, 1.165) is 0 Å². The average molecular weight is 546 g/mol. The maximum Gasteiger partial charge on any atom is 0.306 e. The predicted octanol–water partition coefficient (Wildman–Crippen LogP) is 5.30. The summed E-state index contributed by atoms with van der Waals surface area (Å²) < 4.78 is 54.5. The minimum absolute atomic E-state index is 0.0245. The van der Waals surface area contributed by atoms with Crippen molar-refractivity contribution in [2.75, 3.05) is 18.5 Å². The Kier molecular flexibility index (Phi) is 7.79. The molecule has 0 radical (unpaired) electrons. The van der Waals surface area contributed by atoms with Crippen LogP contribution in [-0.4, -0.2) is 58.3 Å². The van der Waals surface area contributed by atoms with Gasteiger partial charge in [-0.2, -0.15) is 4.98 Å². The highest BCUT2D eigenvalue weighted by Gasteiger charge is 2.37. The number of carboxylic acids is 1. The zero-order valence-electron chi connectivity index (χ0n) is 21.5. The molecular weight excluding hydrogens is 515 g/mol. The maximum atomic E-state index is 15.3. The lowest BCUT2D eigenvalue weighted by Gasteiger charge is -2.29. The summed E-state index contributed by atoms with van der Waals surface area (Å²) in [5.41, 5.74) is 1.40. The normalized spacial score (nSPS) is 23.3. The van der Waals surface area contributed by atoms with Gasteiger partial charge in [-0.15, -0.1) is 0 Å². The number of carbonyl (C=O) groups excluding carboxylic acids is 1. The molecule has 1 saturated heterocycles. The molecule has 2 atom stereocenters. The molecule has 3 aromatic rings. The number of likely N-dealkylation sites (tertiary alicyclic amines) is 1. The lowest BCUT2D eigenvalue weighted by Crippen LogP contribution is -2.40. The number of aromatic nitrogens is 1. The number of ether oxygens (including phenoxy) is 1. The van der Waals surface area contributed by atoms with Gasteiger partial charge in [0.1, 0.15) is 17.5 Å². The van der Waals surface area contributed by atoms with Crippen LogP contribution >= 0.6 is 0 Å². The van der Waals surface area contributed by atoms with Crippen molar-refractivity contribution in [3.05, 3.63) is 53.1 Å². The lowest BCUT2D eigenvalue weighted by molar-refractivity contribution is -0.144. The number of hydrogen-bond donors (Lipinski definition) is 2. The second-order valence-corrected chi connectivity index (χ2v) is 10.3. The van der Waals surface area contributed by atoms with Crippen LogP contribution in [0.4, 0.5) is 24.9 Å². The van der Waals surface area contributed by atoms with Crippen LogP contribution in [0.5, 0.6) is 0 Å². The lowest BCUT2D eigenvalue weighted by atomic mass is 9.87. The van der Waals surface area contributed by atoms with Crippen LogP contribution in [-0.2, 0) is 20.7 Å². The Morgan fingerprint density at radius 1 is 1.18 bits per heavy atom. The Hall–Kier alpha value is -3.60. The second kappa shape index (κ2) is 11.3. The van der Waals surface area contributed by atoms with E-state index in [4.69, 9.17) is 14.3 Å². The van der Waals surface area contributed by atoms with E-state index in [-0.39, 0.29) is 66.5 Å². The maximum absolute atomic E-state index is 15.3. The number of nitrogens with zero attached hydrogens (tertiary/aromatic N) is 2. The first-order valence-electron chi connectivity index (χ1n) is 13.1. The van der Waals surface area contributed by atoms with Gasteiger partial charge in [0, 0.05) is 17.7 Å². The summed E-state index contributed by atoms with van der Waals surface area (Å²) in [6, 6.07) is 6.70. The van der Waals surface area contributed by atoms with Crippen molar-refractivity contribution in [3.8, 4) is 0 Å². The zero-order chi connectivity index (χ0) is 27.7. The highest BCUT2D eigenvalue weighted by Crippen LogP contribution is 2.30. The molecule has 1 amide bonds. The van der Waals surface area contributed by atoms with Gasteiger partial charge in [-0.05, 0) is 62.4 Å². The van der Waals surface area contributed by atoms with Crippen LogP contribution < -0.4 is 5.32 Å². The van der Waals surface area contributed by atoms with Crippen molar-refractivity contribution < 1.29 is 37.0 Å². The first kappa shape index (κ1) is 27.0. The Morgan fingerprint density at radius 3 is 2.67 bits per heavy atom. The number of carbonyl (C=O) groups is 2. The minimum Gasteiger partial charge on any atom is -0.481 e. The van der Waals surface area contributed by atoms with E-state index >= 15 is 4.39 Å². The van der Waals surface area contributed by atoms with Gasteiger partial charge < -0.3 is 24.5 Å². The number of benzene rings is 2. The number of aryl methyl sites for hydroxylation is 1. The molecule has 2 heterocycles. The summed E-state index contributed by atoms with van der Waals surface area (Å²) in [6.07, 6.45) is 0.812. The summed E-state index contributed by atoms with van der Waals surface area (Å²) in [7, 11) is 0. The molecule has 2 fully saturated rings. The molecule has 0 unspecified atom stereocenters.